The van der Waals surface area contributed by atoms with E-state index in [9.17, 15) is 24.6 Å². The first-order valence-corrected chi connectivity index (χ1v) is 9.25. The van der Waals surface area contributed by atoms with Gasteiger partial charge in [-0.15, -0.1) is 0 Å². The summed E-state index contributed by atoms with van der Waals surface area (Å²) in [6.07, 6.45) is -2.28. The number of methoxy groups -OCH3 is 1. The molecule has 158 valence electrons. The number of ketones is 2. The SMILES string of the molecule is COC12C(CO)C3=C(C(=O)C(C)=C(OCC(O)COC(N)=O)C3=O)N1CC1NC12. The van der Waals surface area contributed by atoms with Gasteiger partial charge in [-0.2, -0.15) is 0 Å². The van der Waals surface area contributed by atoms with Crippen LogP contribution in [0.5, 0.6) is 0 Å². The van der Waals surface area contributed by atoms with Crippen LogP contribution in [0.2, 0.25) is 0 Å². The molecule has 0 saturated carbocycles. The standard InChI is InChI=1S/C18H23N3O8/c1-7-13(24)12-11(14(25)15(7)28-5-8(23)6-29-17(19)26)9(4-22)18(27-2)16-10(20-16)3-21(12)18/h8-10,16,20,22-23H,3-6H2,1-2H3,(H2,19,26). The number of nitrogens with zero attached hydrogens (tertiary/aromatic N) is 1. The van der Waals surface area contributed by atoms with E-state index in [1.807, 2.05) is 0 Å². The van der Waals surface area contributed by atoms with Crippen LogP contribution < -0.4 is 11.1 Å². The van der Waals surface area contributed by atoms with Gasteiger partial charge in [0.15, 0.2) is 11.5 Å². The molecule has 11 heteroatoms. The van der Waals surface area contributed by atoms with Crippen molar-refractivity contribution in [3.05, 3.63) is 22.6 Å². The molecule has 3 heterocycles. The molecule has 0 bridgehead atoms. The van der Waals surface area contributed by atoms with Gasteiger partial charge >= 0.3 is 6.09 Å². The third kappa shape index (κ3) is 2.69. The largest absolute Gasteiger partial charge is 0.486 e. The number of piperazine rings is 1. The first-order chi connectivity index (χ1) is 13.8. The summed E-state index contributed by atoms with van der Waals surface area (Å²) in [4.78, 5) is 38.7. The Hall–Kier alpha value is -2.47. The fourth-order valence-corrected chi connectivity index (χ4v) is 4.70. The fraction of sp³-hybridized carbons (Fsp3) is 0.611. The van der Waals surface area contributed by atoms with Gasteiger partial charge in [0, 0.05) is 30.8 Å². The Balaban J connectivity index is 1.59. The highest BCUT2D eigenvalue weighted by molar-refractivity contribution is 6.25. The Kier molecular flexibility index (Phi) is 4.65. The van der Waals surface area contributed by atoms with Gasteiger partial charge in [-0.3, -0.25) is 9.59 Å². The van der Waals surface area contributed by atoms with Crippen molar-refractivity contribution >= 4 is 17.7 Å². The third-order valence-corrected chi connectivity index (χ3v) is 6.00. The molecule has 0 radical (unpaired) electrons. The number of primary amides is 1. The zero-order valence-electron chi connectivity index (χ0n) is 16.0. The van der Waals surface area contributed by atoms with Gasteiger partial charge in [0.25, 0.3) is 0 Å². The first kappa shape index (κ1) is 19.8. The van der Waals surface area contributed by atoms with Crippen molar-refractivity contribution in [2.45, 2.75) is 30.8 Å². The molecule has 0 aromatic carbocycles. The minimum Gasteiger partial charge on any atom is -0.486 e. The molecule has 0 spiro atoms. The zero-order chi connectivity index (χ0) is 21.1. The first-order valence-electron chi connectivity index (χ1n) is 9.25. The lowest BCUT2D eigenvalue weighted by Crippen LogP contribution is -2.54. The predicted octanol–water partition coefficient (Wildman–Crippen LogP) is -2.24. The molecule has 3 aliphatic heterocycles. The molecule has 0 aromatic rings. The van der Waals surface area contributed by atoms with Crippen LogP contribution in [0, 0.1) is 5.92 Å². The quantitative estimate of drug-likeness (QED) is 0.266. The number of hydrogen-bond donors (Lipinski definition) is 4. The Bertz CT molecular complexity index is 852. The van der Waals surface area contributed by atoms with Crippen molar-refractivity contribution in [2.24, 2.45) is 11.7 Å². The molecule has 29 heavy (non-hydrogen) atoms. The lowest BCUT2D eigenvalue weighted by molar-refractivity contribution is -0.137. The molecule has 5 N–H and O–H groups in total. The van der Waals surface area contributed by atoms with Crippen molar-refractivity contribution < 1.29 is 38.8 Å². The minimum atomic E-state index is -1.23. The summed E-state index contributed by atoms with van der Waals surface area (Å²) in [6, 6.07) is 0.0524. The van der Waals surface area contributed by atoms with Gasteiger partial charge in [-0.25, -0.2) is 4.79 Å². The van der Waals surface area contributed by atoms with E-state index < -0.39 is 36.2 Å². The molecule has 1 aliphatic carbocycles. The van der Waals surface area contributed by atoms with Crippen molar-refractivity contribution in [1.82, 2.24) is 10.2 Å². The number of Topliss-reactive ketones (excluding diaryl/α,β-unsaturated/α-hetero) is 2. The van der Waals surface area contributed by atoms with Crippen LogP contribution in [0.15, 0.2) is 22.6 Å². The number of aliphatic hydroxyl groups excluding tert-OH is 2. The van der Waals surface area contributed by atoms with E-state index in [-0.39, 0.29) is 53.7 Å². The van der Waals surface area contributed by atoms with Gasteiger partial charge in [-0.05, 0) is 6.92 Å². The summed E-state index contributed by atoms with van der Waals surface area (Å²) < 4.78 is 15.7. The Morgan fingerprint density at radius 2 is 2.10 bits per heavy atom. The molecule has 2 fully saturated rings. The molecular formula is C18H23N3O8. The predicted molar refractivity (Wildman–Crippen MR) is 95.0 cm³/mol. The number of amides is 1. The van der Waals surface area contributed by atoms with Crippen molar-refractivity contribution in [2.75, 3.05) is 33.5 Å². The number of fused-ring (bicyclic) bond motifs is 4. The normalized spacial score (nSPS) is 33.5. The van der Waals surface area contributed by atoms with E-state index in [1.165, 1.54) is 14.0 Å². The lowest BCUT2D eigenvalue weighted by Gasteiger charge is -2.39. The molecule has 1 amide bonds. The molecule has 5 unspecified atom stereocenters. The Labute approximate surface area is 166 Å². The number of carbonyl (C=O) groups excluding carboxylic acids is 3. The number of nitrogens with two attached hydrogens (primary N) is 1. The van der Waals surface area contributed by atoms with Crippen LogP contribution in [-0.2, 0) is 23.8 Å². The Morgan fingerprint density at radius 1 is 1.38 bits per heavy atom. The molecule has 4 rings (SSSR count). The van der Waals surface area contributed by atoms with E-state index in [2.05, 4.69) is 10.1 Å². The minimum absolute atomic E-state index is 0.0895. The molecule has 2 saturated heterocycles. The summed E-state index contributed by atoms with van der Waals surface area (Å²) in [5.74, 6) is -1.82. The number of hydrogen-bond acceptors (Lipinski definition) is 10. The zero-order valence-corrected chi connectivity index (χ0v) is 16.0. The van der Waals surface area contributed by atoms with Crippen LogP contribution in [0.25, 0.3) is 0 Å². The number of ether oxygens (including phenoxy) is 3. The highest BCUT2D eigenvalue weighted by Crippen LogP contribution is 2.55. The summed E-state index contributed by atoms with van der Waals surface area (Å²) >= 11 is 0. The van der Waals surface area contributed by atoms with E-state index in [0.29, 0.717) is 6.54 Å². The molecule has 0 aromatic heterocycles. The van der Waals surface area contributed by atoms with Crippen LogP contribution in [0.3, 0.4) is 0 Å². The van der Waals surface area contributed by atoms with Gasteiger partial charge in [0.1, 0.15) is 19.3 Å². The fourth-order valence-electron chi connectivity index (χ4n) is 4.70. The highest BCUT2D eigenvalue weighted by Gasteiger charge is 2.72. The number of carbonyl (C=O) groups is 3. The van der Waals surface area contributed by atoms with Crippen LogP contribution in [-0.4, -0.2) is 90.2 Å². The second kappa shape index (κ2) is 6.80. The number of aliphatic hydroxyl groups is 2. The smallest absolute Gasteiger partial charge is 0.404 e. The summed E-state index contributed by atoms with van der Waals surface area (Å²) in [5.41, 5.74) is 4.35. The van der Waals surface area contributed by atoms with Crippen LogP contribution in [0.1, 0.15) is 6.92 Å². The molecule has 5 atom stereocenters. The maximum Gasteiger partial charge on any atom is 0.404 e. The maximum atomic E-state index is 13.2. The van der Waals surface area contributed by atoms with E-state index >= 15 is 0 Å². The second-order valence-corrected chi connectivity index (χ2v) is 7.52. The van der Waals surface area contributed by atoms with Crippen LogP contribution >= 0.6 is 0 Å². The highest BCUT2D eigenvalue weighted by atomic mass is 16.6. The number of nitrogens with one attached hydrogen (secondary N) is 1. The van der Waals surface area contributed by atoms with E-state index in [4.69, 9.17) is 15.2 Å². The van der Waals surface area contributed by atoms with Gasteiger partial charge in [0.05, 0.1) is 24.3 Å². The van der Waals surface area contributed by atoms with Gasteiger partial charge in [0.2, 0.25) is 11.6 Å². The second-order valence-electron chi connectivity index (χ2n) is 7.52. The molecular weight excluding hydrogens is 386 g/mol. The summed E-state index contributed by atoms with van der Waals surface area (Å²) in [5, 5.41) is 23.2. The van der Waals surface area contributed by atoms with Crippen molar-refractivity contribution in [1.29, 1.82) is 0 Å². The van der Waals surface area contributed by atoms with Crippen molar-refractivity contribution in [3.63, 3.8) is 0 Å². The van der Waals surface area contributed by atoms with Crippen molar-refractivity contribution in [3.8, 4) is 0 Å². The average molecular weight is 409 g/mol. The monoisotopic (exact) mass is 409 g/mol. The van der Waals surface area contributed by atoms with Gasteiger partial charge < -0.3 is 40.4 Å². The summed E-state index contributed by atoms with van der Waals surface area (Å²) in [6.45, 7) is 0.804. The number of allylic oxidation sites excluding steroid dienone is 2. The Morgan fingerprint density at radius 3 is 2.72 bits per heavy atom. The third-order valence-electron chi connectivity index (χ3n) is 6.00. The molecule has 11 nitrogen and oxygen atoms in total. The number of rotatable bonds is 7. The van der Waals surface area contributed by atoms with E-state index in [0.717, 1.165) is 0 Å². The topological polar surface area (TPSA) is 171 Å². The van der Waals surface area contributed by atoms with Crippen LogP contribution in [0.4, 0.5) is 4.79 Å². The maximum absolute atomic E-state index is 13.2. The molecule has 4 aliphatic rings. The lowest BCUT2D eigenvalue weighted by atomic mass is 9.83. The summed E-state index contributed by atoms with van der Waals surface area (Å²) in [7, 11) is 1.50. The van der Waals surface area contributed by atoms with E-state index in [1.54, 1.807) is 4.90 Å². The van der Waals surface area contributed by atoms with Gasteiger partial charge in [-0.1, -0.05) is 0 Å². The average Bonchev–Trinajstić information content (AvgIpc) is 3.30.